The molecule has 1 atom stereocenters. The van der Waals surface area contributed by atoms with Gasteiger partial charge in [-0.05, 0) is 18.4 Å². The maximum atomic E-state index is 12.5. The molecule has 0 saturated carbocycles. The second-order valence-corrected chi connectivity index (χ2v) is 12.2. The molecular weight excluding hydrogens is 762 g/mol. The van der Waals surface area contributed by atoms with Gasteiger partial charge in [0.15, 0.2) is 0 Å². The third-order valence-electron chi connectivity index (χ3n) is 6.87. The minimum absolute atomic E-state index is 0.0291. The number of amides is 3. The van der Waals surface area contributed by atoms with Gasteiger partial charge in [0.25, 0.3) is 0 Å². The lowest BCUT2D eigenvalue weighted by Gasteiger charge is -2.17. The molecule has 0 radical (unpaired) electrons. The molecule has 0 bridgehead atoms. The molecular formula is C40H71N3O15. The van der Waals surface area contributed by atoms with E-state index in [1.54, 1.807) is 0 Å². The zero-order valence-electron chi connectivity index (χ0n) is 35.1. The third kappa shape index (κ3) is 45.0. The molecule has 0 spiro atoms. The van der Waals surface area contributed by atoms with E-state index in [0.29, 0.717) is 79.3 Å². The molecule has 18 heteroatoms. The molecule has 1 rings (SSSR count). The molecule has 0 saturated heterocycles. The van der Waals surface area contributed by atoms with E-state index in [2.05, 4.69) is 61.0 Å². The first-order valence-electron chi connectivity index (χ1n) is 20.0. The smallest absolute Gasteiger partial charge is 0.305 e. The van der Waals surface area contributed by atoms with Crippen molar-refractivity contribution in [2.45, 2.75) is 72.3 Å². The Bertz CT molecular complexity index is 1130. The molecule has 58 heavy (non-hydrogen) atoms. The summed E-state index contributed by atoms with van der Waals surface area (Å²) in [5, 5.41) is 24.9. The van der Waals surface area contributed by atoms with Crippen molar-refractivity contribution in [1.29, 1.82) is 0 Å². The normalized spacial score (nSPS) is 11.0. The predicted octanol–water partition coefficient (Wildman–Crippen LogP) is 2.25. The number of carbonyl (C=O) groups is 5. The van der Waals surface area contributed by atoms with Crippen LogP contribution < -0.4 is 16.0 Å². The Morgan fingerprint density at radius 3 is 1.24 bits per heavy atom. The van der Waals surface area contributed by atoms with Crippen LogP contribution in [0.1, 0.15) is 65.4 Å². The van der Waals surface area contributed by atoms with Crippen LogP contribution in [-0.2, 0) is 68.3 Å². The van der Waals surface area contributed by atoms with Crippen molar-refractivity contribution in [3.8, 4) is 0 Å². The highest BCUT2D eigenvalue weighted by Gasteiger charge is 2.20. The SMILES string of the molecule is CC(=O)NC(CCC(=O)NCCOCCOCCOCCOCCC(=O)O)C(=O)NCCOCCOCCOCCOCCC(=O)O.CCC.CCc1ccccc1. The van der Waals surface area contributed by atoms with Gasteiger partial charge >= 0.3 is 11.9 Å². The second-order valence-electron chi connectivity index (χ2n) is 12.2. The van der Waals surface area contributed by atoms with Gasteiger partial charge in [0.2, 0.25) is 17.7 Å². The largest absolute Gasteiger partial charge is 0.481 e. The van der Waals surface area contributed by atoms with Crippen LogP contribution in [0.5, 0.6) is 0 Å². The van der Waals surface area contributed by atoms with Crippen LogP contribution in [0.2, 0.25) is 0 Å². The van der Waals surface area contributed by atoms with Crippen LogP contribution in [0.25, 0.3) is 0 Å². The van der Waals surface area contributed by atoms with E-state index in [-0.39, 0.29) is 71.1 Å². The number of carbonyl (C=O) groups excluding carboxylic acids is 3. The van der Waals surface area contributed by atoms with E-state index in [9.17, 15) is 24.0 Å². The highest BCUT2D eigenvalue weighted by Crippen LogP contribution is 1.99. The van der Waals surface area contributed by atoms with Crippen molar-refractivity contribution in [2.75, 3.05) is 119 Å². The zero-order valence-corrected chi connectivity index (χ0v) is 35.1. The number of benzene rings is 1. The molecule has 0 fully saturated rings. The Hall–Kier alpha value is -3.75. The number of ether oxygens (including phenoxy) is 8. The Balaban J connectivity index is 0. The highest BCUT2D eigenvalue weighted by molar-refractivity contribution is 5.87. The Labute approximate surface area is 344 Å². The first-order chi connectivity index (χ1) is 28.1. The summed E-state index contributed by atoms with van der Waals surface area (Å²) in [4.78, 5) is 56.9. The summed E-state index contributed by atoms with van der Waals surface area (Å²) < 4.78 is 42.3. The number of aryl methyl sites for hydroxylation is 1. The van der Waals surface area contributed by atoms with E-state index in [0.717, 1.165) is 6.42 Å². The van der Waals surface area contributed by atoms with Crippen molar-refractivity contribution < 1.29 is 72.1 Å². The molecule has 0 aromatic heterocycles. The number of rotatable bonds is 36. The molecule has 1 aromatic carbocycles. The summed E-state index contributed by atoms with van der Waals surface area (Å²) >= 11 is 0. The summed E-state index contributed by atoms with van der Waals surface area (Å²) in [6.45, 7) is 13.1. The lowest BCUT2D eigenvalue weighted by Crippen LogP contribution is -2.47. The molecule has 336 valence electrons. The maximum Gasteiger partial charge on any atom is 0.305 e. The van der Waals surface area contributed by atoms with Crippen LogP contribution in [-0.4, -0.2) is 165 Å². The molecule has 0 aliphatic carbocycles. The summed E-state index contributed by atoms with van der Waals surface area (Å²) in [5.74, 6) is -2.91. The molecule has 1 aromatic rings. The van der Waals surface area contributed by atoms with Crippen molar-refractivity contribution in [3.63, 3.8) is 0 Å². The number of carboxylic acids is 2. The summed E-state index contributed by atoms with van der Waals surface area (Å²) in [6.07, 6.45) is 2.45. The van der Waals surface area contributed by atoms with Gasteiger partial charge in [-0.2, -0.15) is 0 Å². The molecule has 18 nitrogen and oxygen atoms in total. The van der Waals surface area contributed by atoms with Crippen LogP contribution in [0, 0.1) is 0 Å². The first kappa shape index (κ1) is 56.3. The highest BCUT2D eigenvalue weighted by atomic mass is 16.6. The van der Waals surface area contributed by atoms with E-state index in [1.807, 2.05) is 6.07 Å². The zero-order chi connectivity index (χ0) is 43.3. The molecule has 0 aliphatic rings. The van der Waals surface area contributed by atoms with Gasteiger partial charge in [-0.1, -0.05) is 57.5 Å². The van der Waals surface area contributed by atoms with Crippen molar-refractivity contribution >= 4 is 29.7 Å². The van der Waals surface area contributed by atoms with E-state index < -0.39 is 29.8 Å². The lowest BCUT2D eigenvalue weighted by molar-refractivity contribution is -0.139. The van der Waals surface area contributed by atoms with E-state index in [4.69, 9.17) is 48.1 Å². The third-order valence-corrected chi connectivity index (χ3v) is 6.87. The first-order valence-corrected chi connectivity index (χ1v) is 20.0. The number of carboxylic acid groups (broad SMARTS) is 2. The molecule has 0 heterocycles. The Morgan fingerprint density at radius 1 is 0.534 bits per heavy atom. The second kappa shape index (κ2) is 44.4. The molecule has 5 N–H and O–H groups in total. The quantitative estimate of drug-likeness (QED) is 0.0610. The van der Waals surface area contributed by atoms with Gasteiger partial charge in [-0.3, -0.25) is 24.0 Å². The predicted molar refractivity (Wildman–Crippen MR) is 216 cm³/mol. The minimum atomic E-state index is -0.910. The summed E-state index contributed by atoms with van der Waals surface area (Å²) in [7, 11) is 0. The van der Waals surface area contributed by atoms with Gasteiger partial charge in [-0.15, -0.1) is 0 Å². The fourth-order valence-electron chi connectivity index (χ4n) is 4.07. The van der Waals surface area contributed by atoms with Crippen LogP contribution in [0.15, 0.2) is 30.3 Å². The number of hydrogen-bond donors (Lipinski definition) is 5. The van der Waals surface area contributed by atoms with E-state index in [1.165, 1.54) is 18.9 Å². The summed E-state index contributed by atoms with van der Waals surface area (Å²) in [5.41, 5.74) is 1.41. The average molecular weight is 834 g/mol. The lowest BCUT2D eigenvalue weighted by atomic mass is 10.1. The number of aliphatic carboxylic acids is 2. The molecule has 0 aliphatic heterocycles. The summed E-state index contributed by atoms with van der Waals surface area (Å²) in [6, 6.07) is 9.59. The molecule has 3 amide bonds. The van der Waals surface area contributed by atoms with Crippen LogP contribution in [0.4, 0.5) is 0 Å². The van der Waals surface area contributed by atoms with Crippen molar-refractivity contribution in [1.82, 2.24) is 16.0 Å². The van der Waals surface area contributed by atoms with Crippen LogP contribution >= 0.6 is 0 Å². The fraction of sp³-hybridized carbons (Fsp3) is 0.725. The molecule has 1 unspecified atom stereocenters. The number of hydrogen-bond acceptors (Lipinski definition) is 13. The fourth-order valence-corrected chi connectivity index (χ4v) is 4.07. The topological polar surface area (TPSA) is 236 Å². The Morgan fingerprint density at radius 2 is 0.897 bits per heavy atom. The standard InChI is InChI=1S/C29H53N3O15.C8H10.C3H8/c1-24(33)32-25(29(39)31-7-11-43-15-19-47-23-21-45-17-13-41-9-5-28(37)38)2-3-26(34)30-6-10-42-14-18-46-22-20-44-16-12-40-8-4-27(35)36;1-2-8-6-4-3-5-7-8;1-3-2/h25H,2-23H2,1H3,(H,30,34)(H,31,39)(H,32,33)(H,35,36)(H,37,38);3-7H,2H2,1H3;3H2,1-2H3. The van der Waals surface area contributed by atoms with Gasteiger partial charge < -0.3 is 64.1 Å². The van der Waals surface area contributed by atoms with E-state index >= 15 is 0 Å². The monoisotopic (exact) mass is 833 g/mol. The van der Waals surface area contributed by atoms with Gasteiger partial charge in [-0.25, -0.2) is 0 Å². The minimum Gasteiger partial charge on any atom is -0.481 e. The maximum absolute atomic E-state index is 12.5. The van der Waals surface area contributed by atoms with Gasteiger partial charge in [0.1, 0.15) is 6.04 Å². The Kier molecular flexibility index (Phi) is 43.1. The van der Waals surface area contributed by atoms with Gasteiger partial charge in [0, 0.05) is 26.4 Å². The van der Waals surface area contributed by atoms with Crippen molar-refractivity contribution in [2.24, 2.45) is 0 Å². The number of nitrogens with one attached hydrogen (secondary N) is 3. The van der Waals surface area contributed by atoms with Gasteiger partial charge in [0.05, 0.1) is 119 Å². The van der Waals surface area contributed by atoms with Crippen LogP contribution in [0.3, 0.4) is 0 Å². The van der Waals surface area contributed by atoms with Crippen molar-refractivity contribution in [3.05, 3.63) is 35.9 Å². The average Bonchev–Trinajstić information content (AvgIpc) is 3.19.